The molecule has 0 saturated carbocycles. The molecule has 0 bridgehead atoms. The summed E-state index contributed by atoms with van der Waals surface area (Å²) in [7, 11) is 1.68. The lowest BCUT2D eigenvalue weighted by Gasteiger charge is -2.10. The van der Waals surface area contributed by atoms with E-state index in [0.717, 1.165) is 38.6 Å². The highest BCUT2D eigenvalue weighted by Gasteiger charge is 2.13. The fourth-order valence-corrected chi connectivity index (χ4v) is 2.47. The number of nitrogens with zero attached hydrogens (tertiary/aromatic N) is 1. The Morgan fingerprint density at radius 1 is 1.33 bits per heavy atom. The number of hydrogen-bond donors (Lipinski definition) is 2. The molecule has 0 unspecified atom stereocenters. The summed E-state index contributed by atoms with van der Waals surface area (Å²) in [4.78, 5) is 7.61. The van der Waals surface area contributed by atoms with Crippen LogP contribution in [0, 0.1) is 13.8 Å². The highest BCUT2D eigenvalue weighted by atomic mass is 79.9. The van der Waals surface area contributed by atoms with Gasteiger partial charge in [0.15, 0.2) is 0 Å². The van der Waals surface area contributed by atoms with Crippen molar-refractivity contribution in [3.05, 3.63) is 33.7 Å². The normalized spacial score (nSPS) is 10.7. The van der Waals surface area contributed by atoms with Crippen LogP contribution in [0.15, 0.2) is 16.7 Å². The van der Waals surface area contributed by atoms with Crippen molar-refractivity contribution in [3.8, 4) is 17.0 Å². The van der Waals surface area contributed by atoms with E-state index < -0.39 is 0 Å². The van der Waals surface area contributed by atoms with E-state index in [2.05, 4.69) is 32.0 Å². The first-order chi connectivity index (χ1) is 8.56. The Labute approximate surface area is 115 Å². The van der Waals surface area contributed by atoms with Gasteiger partial charge in [-0.25, -0.2) is 4.98 Å². The van der Waals surface area contributed by atoms with E-state index >= 15 is 0 Å². The zero-order valence-corrected chi connectivity index (χ0v) is 12.3. The first-order valence-electron chi connectivity index (χ1n) is 5.67. The summed E-state index contributed by atoms with van der Waals surface area (Å²) in [5.74, 6) is 1.66. The molecule has 1 aromatic carbocycles. The third kappa shape index (κ3) is 2.28. The van der Waals surface area contributed by atoms with Crippen LogP contribution in [0.3, 0.4) is 0 Å². The zero-order valence-electron chi connectivity index (χ0n) is 10.7. The number of rotatable bonds is 3. The summed E-state index contributed by atoms with van der Waals surface area (Å²) in [5.41, 5.74) is 9.76. The van der Waals surface area contributed by atoms with Crippen molar-refractivity contribution in [2.75, 3.05) is 7.11 Å². The standard InChI is InChI=1S/C13H16BrN3O/c1-7-5-10(18-3)8(2)4-9(7)12-13(14)17-11(6-15)16-12/h4-5H,6,15H2,1-3H3,(H,16,17). The van der Waals surface area contributed by atoms with Crippen LogP contribution < -0.4 is 10.5 Å². The number of aryl methyl sites for hydroxylation is 2. The van der Waals surface area contributed by atoms with Gasteiger partial charge >= 0.3 is 0 Å². The molecule has 0 spiro atoms. The molecule has 0 saturated heterocycles. The van der Waals surface area contributed by atoms with Crippen molar-refractivity contribution >= 4 is 15.9 Å². The monoisotopic (exact) mass is 309 g/mol. The molecule has 0 aliphatic rings. The van der Waals surface area contributed by atoms with Crippen LogP contribution in [0.2, 0.25) is 0 Å². The summed E-state index contributed by atoms with van der Waals surface area (Å²) in [6.07, 6.45) is 0. The van der Waals surface area contributed by atoms with Crippen LogP contribution in [0.1, 0.15) is 17.0 Å². The van der Waals surface area contributed by atoms with Crippen LogP contribution in [-0.4, -0.2) is 17.1 Å². The molecule has 0 fully saturated rings. The number of nitrogens with one attached hydrogen (secondary N) is 1. The average Bonchev–Trinajstić information content (AvgIpc) is 2.73. The Kier molecular flexibility index (Phi) is 3.73. The molecule has 5 heteroatoms. The number of ether oxygens (including phenoxy) is 1. The molecule has 2 rings (SSSR count). The van der Waals surface area contributed by atoms with E-state index in [4.69, 9.17) is 10.5 Å². The van der Waals surface area contributed by atoms with Crippen molar-refractivity contribution in [2.45, 2.75) is 20.4 Å². The van der Waals surface area contributed by atoms with E-state index in [1.165, 1.54) is 0 Å². The topological polar surface area (TPSA) is 63.9 Å². The molecule has 1 aromatic heterocycles. The Hall–Kier alpha value is -1.33. The molecule has 1 heterocycles. The maximum atomic E-state index is 5.59. The minimum absolute atomic E-state index is 0.396. The van der Waals surface area contributed by atoms with E-state index in [1.54, 1.807) is 7.11 Å². The highest BCUT2D eigenvalue weighted by Crippen LogP contribution is 2.32. The van der Waals surface area contributed by atoms with E-state index in [-0.39, 0.29) is 0 Å². The Balaban J connectivity index is 2.56. The molecule has 96 valence electrons. The minimum Gasteiger partial charge on any atom is -0.496 e. The molecule has 0 amide bonds. The fourth-order valence-electron chi connectivity index (χ4n) is 1.94. The lowest BCUT2D eigenvalue weighted by atomic mass is 10.0. The van der Waals surface area contributed by atoms with Crippen LogP contribution in [0.5, 0.6) is 5.75 Å². The van der Waals surface area contributed by atoms with Gasteiger partial charge in [0.05, 0.1) is 13.7 Å². The number of H-pyrrole nitrogens is 1. The van der Waals surface area contributed by atoms with Crippen molar-refractivity contribution in [1.82, 2.24) is 9.97 Å². The summed E-state index contributed by atoms with van der Waals surface area (Å²) in [5, 5.41) is 0. The van der Waals surface area contributed by atoms with Gasteiger partial charge in [0.2, 0.25) is 0 Å². The third-order valence-corrected chi connectivity index (χ3v) is 3.47. The quantitative estimate of drug-likeness (QED) is 0.916. The number of halogens is 1. The van der Waals surface area contributed by atoms with Gasteiger partial charge in [0, 0.05) is 5.56 Å². The molecule has 0 aliphatic heterocycles. The van der Waals surface area contributed by atoms with E-state index in [0.29, 0.717) is 6.54 Å². The average molecular weight is 310 g/mol. The molecule has 3 N–H and O–H groups in total. The van der Waals surface area contributed by atoms with Crippen molar-refractivity contribution in [3.63, 3.8) is 0 Å². The summed E-state index contributed by atoms with van der Waals surface area (Å²) < 4.78 is 6.17. The van der Waals surface area contributed by atoms with Gasteiger partial charge in [-0.15, -0.1) is 0 Å². The number of benzene rings is 1. The van der Waals surface area contributed by atoms with Gasteiger partial charge in [0.25, 0.3) is 0 Å². The number of nitrogens with two attached hydrogens (primary N) is 1. The molecule has 2 aromatic rings. The van der Waals surface area contributed by atoms with Crippen LogP contribution in [-0.2, 0) is 6.54 Å². The highest BCUT2D eigenvalue weighted by molar-refractivity contribution is 9.10. The molecule has 0 aliphatic carbocycles. The maximum absolute atomic E-state index is 5.59. The van der Waals surface area contributed by atoms with Crippen molar-refractivity contribution in [2.24, 2.45) is 5.73 Å². The SMILES string of the molecule is COc1cc(C)c(-c2nc(CN)[nH]c2Br)cc1C. The molecular formula is C13H16BrN3O. The predicted octanol–water partition coefficient (Wildman–Crippen LogP) is 2.92. The molecular weight excluding hydrogens is 294 g/mol. The molecule has 18 heavy (non-hydrogen) atoms. The van der Waals surface area contributed by atoms with Gasteiger partial charge < -0.3 is 15.5 Å². The van der Waals surface area contributed by atoms with Crippen LogP contribution in [0.25, 0.3) is 11.3 Å². The Morgan fingerprint density at radius 2 is 2.06 bits per heavy atom. The lowest BCUT2D eigenvalue weighted by Crippen LogP contribution is -1.98. The van der Waals surface area contributed by atoms with Crippen LogP contribution >= 0.6 is 15.9 Å². The number of methoxy groups -OCH3 is 1. The Bertz CT molecular complexity index is 578. The number of aromatic amines is 1. The van der Waals surface area contributed by atoms with Crippen molar-refractivity contribution in [1.29, 1.82) is 0 Å². The van der Waals surface area contributed by atoms with Gasteiger partial charge in [-0.05, 0) is 53.0 Å². The summed E-state index contributed by atoms with van der Waals surface area (Å²) in [6, 6.07) is 4.10. The second kappa shape index (κ2) is 5.12. The lowest BCUT2D eigenvalue weighted by molar-refractivity contribution is 0.411. The largest absolute Gasteiger partial charge is 0.496 e. The van der Waals surface area contributed by atoms with Crippen molar-refractivity contribution < 1.29 is 4.74 Å². The predicted molar refractivity (Wildman–Crippen MR) is 75.6 cm³/mol. The smallest absolute Gasteiger partial charge is 0.122 e. The number of aromatic nitrogens is 2. The number of hydrogen-bond acceptors (Lipinski definition) is 3. The van der Waals surface area contributed by atoms with E-state index in [9.17, 15) is 0 Å². The second-order valence-electron chi connectivity index (χ2n) is 4.19. The number of imidazole rings is 1. The molecule has 0 radical (unpaired) electrons. The third-order valence-electron chi connectivity index (χ3n) is 2.90. The zero-order chi connectivity index (χ0) is 13.3. The second-order valence-corrected chi connectivity index (χ2v) is 4.98. The summed E-state index contributed by atoms with van der Waals surface area (Å²) >= 11 is 3.48. The first-order valence-corrected chi connectivity index (χ1v) is 6.46. The first kappa shape index (κ1) is 13.1. The van der Waals surface area contributed by atoms with Gasteiger partial charge in [0.1, 0.15) is 21.9 Å². The summed E-state index contributed by atoms with van der Waals surface area (Å²) in [6.45, 7) is 4.46. The molecule has 4 nitrogen and oxygen atoms in total. The van der Waals surface area contributed by atoms with E-state index in [1.807, 2.05) is 19.9 Å². The maximum Gasteiger partial charge on any atom is 0.122 e. The Morgan fingerprint density at radius 3 is 2.61 bits per heavy atom. The van der Waals surface area contributed by atoms with Gasteiger partial charge in [-0.3, -0.25) is 0 Å². The van der Waals surface area contributed by atoms with Gasteiger partial charge in [-0.2, -0.15) is 0 Å². The minimum atomic E-state index is 0.396. The fraction of sp³-hybridized carbons (Fsp3) is 0.308. The van der Waals surface area contributed by atoms with Gasteiger partial charge in [-0.1, -0.05) is 0 Å². The molecule has 0 atom stereocenters. The van der Waals surface area contributed by atoms with Crippen LogP contribution in [0.4, 0.5) is 0 Å².